The Hall–Kier alpha value is -1.63. The highest BCUT2D eigenvalue weighted by molar-refractivity contribution is 7.87. The van der Waals surface area contributed by atoms with Crippen LogP contribution in [0.3, 0.4) is 0 Å². The van der Waals surface area contributed by atoms with Crippen molar-refractivity contribution >= 4 is 21.8 Å². The molecule has 1 amide bonds. The number of halogens is 1. The average molecular weight is 328 g/mol. The van der Waals surface area contributed by atoms with Crippen molar-refractivity contribution in [1.29, 1.82) is 0 Å². The van der Waals surface area contributed by atoms with Crippen LogP contribution in [0.25, 0.3) is 0 Å². The summed E-state index contributed by atoms with van der Waals surface area (Å²) in [5, 5.41) is -1.19. The molecule has 5 nitrogen and oxygen atoms in total. The molecule has 0 spiro atoms. The van der Waals surface area contributed by atoms with Crippen LogP contribution < -0.4 is 4.90 Å². The van der Waals surface area contributed by atoms with Gasteiger partial charge in [0.15, 0.2) is 0 Å². The lowest BCUT2D eigenvalue weighted by atomic mass is 10.2. The van der Waals surface area contributed by atoms with E-state index in [9.17, 15) is 17.1 Å². The number of likely N-dealkylation sites (tertiary alicyclic amines) is 1. The minimum Gasteiger partial charge on any atom is -0.375 e. The van der Waals surface area contributed by atoms with Crippen LogP contribution in [0.4, 0.5) is 9.57 Å². The highest BCUT2D eigenvalue weighted by Gasteiger charge is 2.37. The minimum atomic E-state index is -4.62. The highest BCUT2D eigenvalue weighted by atomic mass is 32.3. The number of carbonyl (C=O) groups excluding carboxylic acids is 1. The highest BCUT2D eigenvalue weighted by Crippen LogP contribution is 2.20. The lowest BCUT2D eigenvalue weighted by Crippen LogP contribution is -2.29. The first-order valence-electron chi connectivity index (χ1n) is 7.35. The maximum Gasteiger partial charge on any atom is 0.307 e. The molecule has 1 saturated heterocycles. The number of anilines is 1. The van der Waals surface area contributed by atoms with E-state index < -0.39 is 15.5 Å². The van der Waals surface area contributed by atoms with Crippen LogP contribution in [0, 0.1) is 0 Å². The first-order valence-corrected chi connectivity index (χ1v) is 8.80. The van der Waals surface area contributed by atoms with Gasteiger partial charge in [-0.05, 0) is 25.0 Å². The minimum absolute atomic E-state index is 0.0216. The molecule has 1 aliphatic heterocycles. The third kappa shape index (κ3) is 4.43. The molecule has 0 radical (unpaired) electrons. The molecule has 0 bridgehead atoms. The van der Waals surface area contributed by atoms with E-state index in [-0.39, 0.29) is 18.9 Å². The number of benzene rings is 1. The molecule has 1 unspecified atom stereocenters. The zero-order chi connectivity index (χ0) is 16.2. The molecule has 1 aromatic carbocycles. The summed E-state index contributed by atoms with van der Waals surface area (Å²) in [5.74, 6) is -0.275. The Labute approximate surface area is 130 Å². The molecule has 1 atom stereocenters. The predicted octanol–water partition coefficient (Wildman–Crippen LogP) is 1.80. The van der Waals surface area contributed by atoms with E-state index in [0.29, 0.717) is 6.54 Å². The van der Waals surface area contributed by atoms with Crippen molar-refractivity contribution in [2.75, 3.05) is 31.6 Å². The summed E-state index contributed by atoms with van der Waals surface area (Å²) in [5.41, 5.74) is 1.13. The van der Waals surface area contributed by atoms with Gasteiger partial charge in [-0.1, -0.05) is 18.2 Å². The summed E-state index contributed by atoms with van der Waals surface area (Å²) in [6, 6.07) is 9.98. The third-order valence-corrected chi connectivity index (χ3v) is 5.06. The number of unbranched alkanes of at least 4 members (excludes halogenated alkanes) is 1. The second kappa shape index (κ2) is 7.09. The molecule has 0 aliphatic carbocycles. The Kier molecular flexibility index (Phi) is 5.39. The second-order valence-electron chi connectivity index (χ2n) is 5.61. The SMILES string of the molecule is CN(CCCCN1CC(S(=O)(=O)F)CC1=O)c1ccccc1. The van der Waals surface area contributed by atoms with Gasteiger partial charge in [-0.3, -0.25) is 4.79 Å². The molecule has 0 aromatic heterocycles. The molecular weight excluding hydrogens is 307 g/mol. The first-order chi connectivity index (χ1) is 10.4. The van der Waals surface area contributed by atoms with E-state index in [1.54, 1.807) is 0 Å². The van der Waals surface area contributed by atoms with Crippen LogP contribution in [0.5, 0.6) is 0 Å². The fourth-order valence-electron chi connectivity index (χ4n) is 2.60. The molecule has 1 aromatic rings. The van der Waals surface area contributed by atoms with Gasteiger partial charge < -0.3 is 9.80 Å². The number of hydrogen-bond acceptors (Lipinski definition) is 4. The Balaban J connectivity index is 1.72. The quantitative estimate of drug-likeness (QED) is 0.566. The summed E-state index contributed by atoms with van der Waals surface area (Å²) < 4.78 is 34.6. The molecule has 1 heterocycles. The maximum atomic E-state index is 12.9. The molecule has 0 N–H and O–H groups in total. The molecular formula is C15H21FN2O3S. The number of amides is 1. The Morgan fingerprint density at radius 1 is 1.27 bits per heavy atom. The summed E-state index contributed by atoms with van der Waals surface area (Å²) in [6.45, 7) is 1.30. The summed E-state index contributed by atoms with van der Waals surface area (Å²) >= 11 is 0. The van der Waals surface area contributed by atoms with Gasteiger partial charge in [0, 0.05) is 38.8 Å². The van der Waals surface area contributed by atoms with Crippen LogP contribution in [0.15, 0.2) is 30.3 Å². The fraction of sp³-hybridized carbons (Fsp3) is 0.533. The van der Waals surface area contributed by atoms with E-state index >= 15 is 0 Å². The molecule has 122 valence electrons. The molecule has 0 saturated carbocycles. The molecule has 1 aliphatic rings. The van der Waals surface area contributed by atoms with Crippen molar-refractivity contribution in [1.82, 2.24) is 4.90 Å². The molecule has 7 heteroatoms. The van der Waals surface area contributed by atoms with Gasteiger partial charge in [-0.2, -0.15) is 8.42 Å². The van der Waals surface area contributed by atoms with Crippen LogP contribution in [0.2, 0.25) is 0 Å². The smallest absolute Gasteiger partial charge is 0.307 e. The zero-order valence-electron chi connectivity index (χ0n) is 12.6. The third-order valence-electron chi connectivity index (χ3n) is 3.95. The number of hydrogen-bond donors (Lipinski definition) is 0. The zero-order valence-corrected chi connectivity index (χ0v) is 13.4. The van der Waals surface area contributed by atoms with Gasteiger partial charge in [-0.15, -0.1) is 3.89 Å². The van der Waals surface area contributed by atoms with Crippen molar-refractivity contribution in [3.05, 3.63) is 30.3 Å². The number of para-hydroxylation sites is 1. The van der Waals surface area contributed by atoms with Crippen molar-refractivity contribution in [2.24, 2.45) is 0 Å². The Bertz CT molecular complexity index is 606. The maximum absolute atomic E-state index is 12.9. The summed E-state index contributed by atoms with van der Waals surface area (Å²) in [6.07, 6.45) is 1.41. The van der Waals surface area contributed by atoms with Crippen LogP contribution in [-0.4, -0.2) is 51.2 Å². The summed E-state index contributed by atoms with van der Waals surface area (Å²) in [7, 11) is -2.62. The van der Waals surface area contributed by atoms with Gasteiger partial charge in [-0.25, -0.2) is 0 Å². The Morgan fingerprint density at radius 2 is 1.95 bits per heavy atom. The van der Waals surface area contributed by atoms with Crippen LogP contribution >= 0.6 is 0 Å². The monoisotopic (exact) mass is 328 g/mol. The standard InChI is InChI=1S/C15H21FN2O3S/c1-17(13-7-3-2-4-8-13)9-5-6-10-18-12-14(11-15(18)19)22(16,20)21/h2-4,7-8,14H,5-6,9-12H2,1H3. The van der Waals surface area contributed by atoms with Crippen molar-refractivity contribution in [2.45, 2.75) is 24.5 Å². The second-order valence-corrected chi connectivity index (χ2v) is 7.22. The van der Waals surface area contributed by atoms with Crippen molar-refractivity contribution in [3.63, 3.8) is 0 Å². The van der Waals surface area contributed by atoms with Gasteiger partial charge in [0.1, 0.15) is 5.25 Å². The van der Waals surface area contributed by atoms with Crippen molar-refractivity contribution in [3.8, 4) is 0 Å². The fourth-order valence-corrected chi connectivity index (χ4v) is 3.30. The first kappa shape index (κ1) is 16.7. The predicted molar refractivity (Wildman–Crippen MR) is 84.0 cm³/mol. The number of rotatable bonds is 7. The average Bonchev–Trinajstić information content (AvgIpc) is 2.86. The molecule has 1 fully saturated rings. The molecule has 22 heavy (non-hydrogen) atoms. The van der Waals surface area contributed by atoms with E-state index in [0.717, 1.165) is 25.1 Å². The number of nitrogens with zero attached hydrogens (tertiary/aromatic N) is 2. The Morgan fingerprint density at radius 3 is 2.55 bits per heavy atom. The van der Waals surface area contributed by atoms with Crippen LogP contribution in [-0.2, 0) is 15.0 Å². The summed E-state index contributed by atoms with van der Waals surface area (Å²) in [4.78, 5) is 15.2. The lowest BCUT2D eigenvalue weighted by Gasteiger charge is -2.20. The van der Waals surface area contributed by atoms with Gasteiger partial charge in [0.25, 0.3) is 0 Å². The number of carbonyl (C=O) groups is 1. The van der Waals surface area contributed by atoms with Gasteiger partial charge in [0.05, 0.1) is 0 Å². The van der Waals surface area contributed by atoms with Crippen molar-refractivity contribution < 1.29 is 17.1 Å². The van der Waals surface area contributed by atoms with E-state index in [1.165, 1.54) is 4.90 Å². The largest absolute Gasteiger partial charge is 0.375 e. The normalized spacial score (nSPS) is 18.7. The van der Waals surface area contributed by atoms with E-state index in [2.05, 4.69) is 4.90 Å². The van der Waals surface area contributed by atoms with E-state index in [1.807, 2.05) is 37.4 Å². The topological polar surface area (TPSA) is 57.7 Å². The lowest BCUT2D eigenvalue weighted by molar-refractivity contribution is -0.127. The van der Waals surface area contributed by atoms with Gasteiger partial charge in [0.2, 0.25) is 5.91 Å². The van der Waals surface area contributed by atoms with Crippen LogP contribution in [0.1, 0.15) is 19.3 Å². The molecule has 2 rings (SSSR count). The van der Waals surface area contributed by atoms with Gasteiger partial charge >= 0.3 is 10.2 Å². The van der Waals surface area contributed by atoms with E-state index in [4.69, 9.17) is 0 Å².